The lowest BCUT2D eigenvalue weighted by Crippen LogP contribution is -2.35. The molecule has 1 atom stereocenters. The summed E-state index contributed by atoms with van der Waals surface area (Å²) in [5, 5.41) is 12.6. The zero-order valence-corrected chi connectivity index (χ0v) is 17.2. The van der Waals surface area contributed by atoms with Crippen molar-refractivity contribution >= 4 is 5.97 Å². The highest BCUT2D eigenvalue weighted by Crippen LogP contribution is 2.27. The summed E-state index contributed by atoms with van der Waals surface area (Å²) >= 11 is 0. The standard InChI is InChI=1S/C21H25FN6O2/c1-3-30-21(29)18-11-24-28(17-8-4-7-16(22)10-17)19(18)13-27-9-5-6-15(12-27)20-25-23-14-26(20)2/h4,7-8,10-11,14-15H,3,5-6,9,12-13H2,1-2H3/t15-/m0/s1. The van der Waals surface area contributed by atoms with Crippen LogP contribution in [0.5, 0.6) is 0 Å². The smallest absolute Gasteiger partial charge is 0.341 e. The van der Waals surface area contributed by atoms with Gasteiger partial charge in [-0.15, -0.1) is 10.2 Å². The number of hydrogen-bond donors (Lipinski definition) is 0. The summed E-state index contributed by atoms with van der Waals surface area (Å²) in [6.45, 7) is 4.24. The summed E-state index contributed by atoms with van der Waals surface area (Å²) in [7, 11) is 1.95. The molecule has 0 amide bonds. The third-order valence-corrected chi connectivity index (χ3v) is 5.41. The van der Waals surface area contributed by atoms with Gasteiger partial charge >= 0.3 is 5.97 Å². The molecule has 0 aliphatic carbocycles. The van der Waals surface area contributed by atoms with E-state index in [-0.39, 0.29) is 18.3 Å². The number of carbonyl (C=O) groups is 1. The van der Waals surface area contributed by atoms with Crippen molar-refractivity contribution in [2.24, 2.45) is 7.05 Å². The number of hydrogen-bond acceptors (Lipinski definition) is 6. The lowest BCUT2D eigenvalue weighted by molar-refractivity contribution is 0.0523. The van der Waals surface area contributed by atoms with E-state index in [0.717, 1.165) is 31.8 Å². The van der Waals surface area contributed by atoms with Crippen LogP contribution < -0.4 is 0 Å². The highest BCUT2D eigenvalue weighted by Gasteiger charge is 2.28. The van der Waals surface area contributed by atoms with Crippen molar-refractivity contribution in [3.8, 4) is 5.69 Å². The van der Waals surface area contributed by atoms with E-state index in [0.29, 0.717) is 23.5 Å². The molecule has 0 N–H and O–H groups in total. The molecule has 1 aromatic carbocycles. The number of likely N-dealkylation sites (tertiary alicyclic amines) is 1. The monoisotopic (exact) mass is 412 g/mol. The van der Waals surface area contributed by atoms with Gasteiger partial charge in [-0.25, -0.2) is 13.9 Å². The minimum absolute atomic E-state index is 0.267. The number of rotatable bonds is 6. The third kappa shape index (κ3) is 4.11. The van der Waals surface area contributed by atoms with E-state index in [1.807, 2.05) is 11.6 Å². The first kappa shape index (κ1) is 20.2. The van der Waals surface area contributed by atoms with Gasteiger partial charge in [-0.1, -0.05) is 6.07 Å². The van der Waals surface area contributed by atoms with Crippen molar-refractivity contribution in [2.45, 2.75) is 32.2 Å². The lowest BCUT2D eigenvalue weighted by Gasteiger charge is -2.32. The molecule has 1 saturated heterocycles. The summed E-state index contributed by atoms with van der Waals surface area (Å²) < 4.78 is 22.6. The Morgan fingerprint density at radius 2 is 2.23 bits per heavy atom. The first-order valence-corrected chi connectivity index (χ1v) is 10.1. The quantitative estimate of drug-likeness (QED) is 0.580. The topological polar surface area (TPSA) is 78.1 Å². The fraction of sp³-hybridized carbons (Fsp3) is 0.429. The van der Waals surface area contributed by atoms with Crippen LogP contribution in [-0.2, 0) is 18.3 Å². The molecule has 2 aromatic heterocycles. The van der Waals surface area contributed by atoms with E-state index in [4.69, 9.17) is 4.74 Å². The molecule has 0 spiro atoms. The molecule has 1 aliphatic heterocycles. The molecule has 1 aliphatic rings. The van der Waals surface area contributed by atoms with Crippen LogP contribution in [0.4, 0.5) is 4.39 Å². The zero-order chi connectivity index (χ0) is 21.1. The van der Waals surface area contributed by atoms with E-state index >= 15 is 0 Å². The fourth-order valence-electron chi connectivity index (χ4n) is 4.02. The molecule has 0 unspecified atom stereocenters. The van der Waals surface area contributed by atoms with E-state index in [2.05, 4.69) is 20.2 Å². The second-order valence-electron chi connectivity index (χ2n) is 7.49. The van der Waals surface area contributed by atoms with Crippen molar-refractivity contribution in [1.29, 1.82) is 0 Å². The second kappa shape index (κ2) is 8.74. The van der Waals surface area contributed by atoms with Crippen LogP contribution in [0.15, 0.2) is 36.8 Å². The molecule has 4 rings (SSSR count). The van der Waals surface area contributed by atoms with Crippen molar-refractivity contribution in [3.05, 3.63) is 59.7 Å². The highest BCUT2D eigenvalue weighted by atomic mass is 19.1. The van der Waals surface area contributed by atoms with Crippen LogP contribution in [0.3, 0.4) is 0 Å². The predicted molar refractivity (Wildman–Crippen MR) is 108 cm³/mol. The minimum atomic E-state index is -0.419. The van der Waals surface area contributed by atoms with Crippen molar-refractivity contribution < 1.29 is 13.9 Å². The Kier molecular flexibility index (Phi) is 5.89. The van der Waals surface area contributed by atoms with E-state index in [9.17, 15) is 9.18 Å². The average molecular weight is 412 g/mol. The number of esters is 1. The number of nitrogens with zero attached hydrogens (tertiary/aromatic N) is 6. The molecular weight excluding hydrogens is 387 g/mol. The van der Waals surface area contributed by atoms with Gasteiger partial charge in [-0.05, 0) is 44.5 Å². The van der Waals surface area contributed by atoms with E-state index in [1.165, 1.54) is 18.3 Å². The van der Waals surface area contributed by atoms with Gasteiger partial charge in [0, 0.05) is 26.1 Å². The van der Waals surface area contributed by atoms with Crippen LogP contribution in [0.2, 0.25) is 0 Å². The Morgan fingerprint density at radius 3 is 2.97 bits per heavy atom. The average Bonchev–Trinajstić information content (AvgIpc) is 3.35. The van der Waals surface area contributed by atoms with Gasteiger partial charge in [0.1, 0.15) is 23.5 Å². The fourth-order valence-corrected chi connectivity index (χ4v) is 4.02. The number of aryl methyl sites for hydroxylation is 1. The molecule has 3 aromatic rings. The number of piperidine rings is 1. The Morgan fingerprint density at radius 1 is 1.37 bits per heavy atom. The summed E-state index contributed by atoms with van der Waals surface area (Å²) in [4.78, 5) is 14.8. The van der Waals surface area contributed by atoms with Gasteiger partial charge in [0.05, 0.1) is 24.2 Å². The SMILES string of the molecule is CCOC(=O)c1cnn(-c2cccc(F)c2)c1CN1CCC[C@H](c2nncn2C)C1. The zero-order valence-electron chi connectivity index (χ0n) is 17.2. The maximum Gasteiger partial charge on any atom is 0.341 e. The number of benzene rings is 1. The number of ether oxygens (including phenoxy) is 1. The minimum Gasteiger partial charge on any atom is -0.462 e. The molecule has 0 saturated carbocycles. The highest BCUT2D eigenvalue weighted by molar-refractivity contribution is 5.90. The largest absolute Gasteiger partial charge is 0.462 e. The van der Waals surface area contributed by atoms with E-state index < -0.39 is 5.97 Å². The number of aromatic nitrogens is 5. The van der Waals surface area contributed by atoms with Crippen LogP contribution in [0.1, 0.15) is 47.6 Å². The predicted octanol–water partition coefficient (Wildman–Crippen LogP) is 2.70. The van der Waals surface area contributed by atoms with Gasteiger partial charge in [0.2, 0.25) is 0 Å². The first-order valence-electron chi connectivity index (χ1n) is 10.1. The molecule has 0 radical (unpaired) electrons. The second-order valence-corrected chi connectivity index (χ2v) is 7.49. The summed E-state index contributed by atoms with van der Waals surface area (Å²) in [5.41, 5.74) is 1.67. The molecule has 158 valence electrons. The summed E-state index contributed by atoms with van der Waals surface area (Å²) in [6.07, 6.45) is 5.27. The van der Waals surface area contributed by atoms with Crippen LogP contribution in [0, 0.1) is 5.82 Å². The number of carbonyl (C=O) groups excluding carboxylic acids is 1. The molecule has 30 heavy (non-hydrogen) atoms. The summed E-state index contributed by atoms with van der Waals surface area (Å²) in [5.74, 6) is 0.454. The molecule has 9 heteroatoms. The Hall–Kier alpha value is -3.07. The van der Waals surface area contributed by atoms with Crippen LogP contribution in [0.25, 0.3) is 5.69 Å². The Labute approximate surface area is 174 Å². The van der Waals surface area contributed by atoms with Gasteiger partial charge in [0.25, 0.3) is 0 Å². The van der Waals surface area contributed by atoms with Gasteiger partial charge < -0.3 is 9.30 Å². The Bertz CT molecular complexity index is 1030. The van der Waals surface area contributed by atoms with Crippen LogP contribution >= 0.6 is 0 Å². The van der Waals surface area contributed by atoms with Gasteiger partial charge in [0.15, 0.2) is 0 Å². The molecule has 1 fully saturated rings. The van der Waals surface area contributed by atoms with Crippen LogP contribution in [-0.4, -0.2) is 55.1 Å². The molecule has 8 nitrogen and oxygen atoms in total. The molecule has 0 bridgehead atoms. The first-order chi connectivity index (χ1) is 14.6. The summed E-state index contributed by atoms with van der Waals surface area (Å²) in [6, 6.07) is 6.19. The normalized spacial score (nSPS) is 17.2. The van der Waals surface area contributed by atoms with Gasteiger partial charge in [-0.3, -0.25) is 4.90 Å². The molecule has 3 heterocycles. The third-order valence-electron chi connectivity index (χ3n) is 5.41. The van der Waals surface area contributed by atoms with Gasteiger partial charge in [-0.2, -0.15) is 5.10 Å². The Balaban J connectivity index is 1.64. The lowest BCUT2D eigenvalue weighted by atomic mass is 9.97. The number of halogens is 1. The maximum atomic E-state index is 13.8. The molecular formula is C21H25FN6O2. The van der Waals surface area contributed by atoms with E-state index in [1.54, 1.807) is 30.1 Å². The van der Waals surface area contributed by atoms with Crippen molar-refractivity contribution in [2.75, 3.05) is 19.7 Å². The maximum absolute atomic E-state index is 13.8. The van der Waals surface area contributed by atoms with Crippen molar-refractivity contribution in [1.82, 2.24) is 29.4 Å². The van der Waals surface area contributed by atoms with Crippen molar-refractivity contribution in [3.63, 3.8) is 0 Å².